The van der Waals surface area contributed by atoms with Gasteiger partial charge < -0.3 is 14.2 Å². The molecule has 4 heteroatoms. The standard InChI is InChI=1S/C41H40N2OSi/c1-31-11-19-36(20-12-31)42(35-9-7-6-8-10-35)38-23-15-33(16-24-38)34-17-25-39(26-18-34)43(37-21-13-32(2)14-22-37)40-27-29-41(30-28-40)45(4,5)44-3/h6-30H,1-5H3. The molecule has 0 fully saturated rings. The minimum atomic E-state index is -1.90. The highest BCUT2D eigenvalue weighted by molar-refractivity contribution is 6.84. The van der Waals surface area contributed by atoms with E-state index in [1.165, 1.54) is 27.4 Å². The largest absolute Gasteiger partial charge is 0.416 e. The van der Waals surface area contributed by atoms with E-state index in [2.05, 4.69) is 188 Å². The van der Waals surface area contributed by atoms with E-state index in [-0.39, 0.29) is 0 Å². The van der Waals surface area contributed by atoms with Gasteiger partial charge in [0.15, 0.2) is 0 Å². The van der Waals surface area contributed by atoms with Crippen molar-refractivity contribution in [3.8, 4) is 11.1 Å². The van der Waals surface area contributed by atoms with Crippen molar-refractivity contribution < 1.29 is 4.43 Å². The van der Waals surface area contributed by atoms with Gasteiger partial charge >= 0.3 is 0 Å². The van der Waals surface area contributed by atoms with Crippen molar-refractivity contribution in [2.75, 3.05) is 16.9 Å². The Bertz CT molecular complexity index is 1830. The Morgan fingerprint density at radius 3 is 1.07 bits per heavy atom. The zero-order valence-electron chi connectivity index (χ0n) is 26.7. The van der Waals surface area contributed by atoms with Crippen molar-refractivity contribution >= 4 is 47.6 Å². The van der Waals surface area contributed by atoms with Gasteiger partial charge in [0.2, 0.25) is 8.32 Å². The first-order chi connectivity index (χ1) is 21.8. The van der Waals surface area contributed by atoms with Crippen LogP contribution in [0.1, 0.15) is 11.1 Å². The number of aryl methyl sites for hydroxylation is 2. The van der Waals surface area contributed by atoms with E-state index in [1.807, 2.05) is 7.11 Å². The second kappa shape index (κ2) is 13.0. The van der Waals surface area contributed by atoms with Gasteiger partial charge in [-0.25, -0.2) is 0 Å². The van der Waals surface area contributed by atoms with Crippen LogP contribution in [0.4, 0.5) is 34.1 Å². The van der Waals surface area contributed by atoms with E-state index in [4.69, 9.17) is 4.43 Å². The number of nitrogens with zero attached hydrogens (tertiary/aromatic N) is 2. The summed E-state index contributed by atoms with van der Waals surface area (Å²) in [4.78, 5) is 4.62. The van der Waals surface area contributed by atoms with E-state index in [9.17, 15) is 0 Å². The molecule has 0 radical (unpaired) electrons. The summed E-state index contributed by atoms with van der Waals surface area (Å²) in [6, 6.07) is 54.5. The topological polar surface area (TPSA) is 15.7 Å². The molecule has 0 saturated heterocycles. The molecule has 6 rings (SSSR count). The third-order valence-corrected chi connectivity index (χ3v) is 11.3. The van der Waals surface area contributed by atoms with Gasteiger partial charge in [-0.1, -0.05) is 90.0 Å². The molecule has 6 aromatic carbocycles. The van der Waals surface area contributed by atoms with Gasteiger partial charge in [0, 0.05) is 41.2 Å². The second-order valence-electron chi connectivity index (χ2n) is 12.0. The number of para-hydroxylation sites is 1. The fourth-order valence-electron chi connectivity index (χ4n) is 5.59. The summed E-state index contributed by atoms with van der Waals surface area (Å²) >= 11 is 0. The van der Waals surface area contributed by atoms with Crippen molar-refractivity contribution in [1.82, 2.24) is 0 Å². The molecule has 0 amide bonds. The Labute approximate surface area is 269 Å². The Morgan fingerprint density at radius 1 is 0.400 bits per heavy atom. The lowest BCUT2D eigenvalue weighted by Gasteiger charge is -2.27. The quantitative estimate of drug-likeness (QED) is 0.153. The highest BCUT2D eigenvalue weighted by Gasteiger charge is 2.24. The predicted octanol–water partition coefficient (Wildman–Crippen LogP) is 11.0. The number of rotatable bonds is 9. The van der Waals surface area contributed by atoms with Gasteiger partial charge in [-0.3, -0.25) is 0 Å². The van der Waals surface area contributed by atoms with Gasteiger partial charge in [-0.05, 0) is 116 Å². The van der Waals surface area contributed by atoms with E-state index < -0.39 is 8.32 Å². The molecule has 0 atom stereocenters. The molecular weight excluding hydrogens is 565 g/mol. The highest BCUT2D eigenvalue weighted by atomic mass is 28.4. The van der Waals surface area contributed by atoms with Crippen molar-refractivity contribution in [2.45, 2.75) is 26.9 Å². The zero-order valence-corrected chi connectivity index (χ0v) is 27.7. The summed E-state index contributed by atoms with van der Waals surface area (Å²) < 4.78 is 5.85. The molecule has 0 aliphatic carbocycles. The summed E-state index contributed by atoms with van der Waals surface area (Å²) in [5, 5.41) is 1.28. The average molecular weight is 605 g/mol. The van der Waals surface area contributed by atoms with Crippen LogP contribution in [0, 0.1) is 13.8 Å². The third kappa shape index (κ3) is 6.63. The van der Waals surface area contributed by atoms with Crippen LogP contribution in [-0.2, 0) is 4.43 Å². The molecule has 0 saturated carbocycles. The van der Waals surface area contributed by atoms with Crippen LogP contribution in [0.2, 0.25) is 13.1 Å². The van der Waals surface area contributed by atoms with Crippen LogP contribution < -0.4 is 15.0 Å². The molecule has 0 aliphatic heterocycles. The third-order valence-electron chi connectivity index (χ3n) is 8.51. The normalized spacial score (nSPS) is 11.3. The SMILES string of the molecule is CO[Si](C)(C)c1ccc(N(c2ccc(C)cc2)c2ccc(-c3ccc(N(c4ccccc4)c4ccc(C)cc4)cc3)cc2)cc1. The predicted molar refractivity (Wildman–Crippen MR) is 195 cm³/mol. The van der Waals surface area contributed by atoms with Crippen molar-refractivity contribution in [2.24, 2.45) is 0 Å². The van der Waals surface area contributed by atoms with Crippen LogP contribution >= 0.6 is 0 Å². The molecule has 0 bridgehead atoms. The smallest absolute Gasteiger partial charge is 0.217 e. The summed E-state index contributed by atoms with van der Waals surface area (Å²) in [6.45, 7) is 8.71. The van der Waals surface area contributed by atoms with Crippen molar-refractivity contribution in [3.63, 3.8) is 0 Å². The lowest BCUT2D eigenvalue weighted by Crippen LogP contribution is -2.43. The monoisotopic (exact) mass is 604 g/mol. The summed E-state index contributed by atoms with van der Waals surface area (Å²) in [5.41, 5.74) is 11.6. The van der Waals surface area contributed by atoms with E-state index in [0.29, 0.717) is 0 Å². The van der Waals surface area contributed by atoms with Crippen LogP contribution in [0.5, 0.6) is 0 Å². The van der Waals surface area contributed by atoms with E-state index >= 15 is 0 Å². The Morgan fingerprint density at radius 2 is 0.711 bits per heavy atom. The van der Waals surface area contributed by atoms with Gasteiger partial charge in [0.05, 0.1) is 0 Å². The fourth-order valence-corrected chi connectivity index (χ4v) is 6.80. The summed E-state index contributed by atoms with van der Waals surface area (Å²) in [6.07, 6.45) is 0. The maximum absolute atomic E-state index is 5.85. The minimum absolute atomic E-state index is 1.12. The Balaban J connectivity index is 1.31. The molecular formula is C41H40N2OSi. The molecule has 45 heavy (non-hydrogen) atoms. The van der Waals surface area contributed by atoms with E-state index in [0.717, 1.165) is 34.1 Å². The molecule has 6 aromatic rings. The molecule has 3 nitrogen and oxygen atoms in total. The van der Waals surface area contributed by atoms with Crippen LogP contribution in [-0.4, -0.2) is 15.4 Å². The lowest BCUT2D eigenvalue weighted by molar-refractivity contribution is 0.416. The van der Waals surface area contributed by atoms with Gasteiger partial charge in [0.1, 0.15) is 0 Å². The molecule has 0 unspecified atom stereocenters. The van der Waals surface area contributed by atoms with Crippen LogP contribution in [0.15, 0.2) is 152 Å². The maximum Gasteiger partial charge on any atom is 0.217 e. The van der Waals surface area contributed by atoms with Crippen LogP contribution in [0.3, 0.4) is 0 Å². The number of anilines is 6. The average Bonchev–Trinajstić information content (AvgIpc) is 3.08. The van der Waals surface area contributed by atoms with Gasteiger partial charge in [-0.2, -0.15) is 0 Å². The Kier molecular flexibility index (Phi) is 8.70. The summed E-state index contributed by atoms with van der Waals surface area (Å²) in [7, 11) is -0.0794. The number of benzene rings is 6. The first-order valence-corrected chi connectivity index (χ1v) is 18.4. The summed E-state index contributed by atoms with van der Waals surface area (Å²) in [5.74, 6) is 0. The second-order valence-corrected chi connectivity index (χ2v) is 16.0. The fraction of sp³-hybridized carbons (Fsp3) is 0.122. The van der Waals surface area contributed by atoms with Gasteiger partial charge in [-0.15, -0.1) is 0 Å². The first kappa shape index (κ1) is 30.1. The Hall–Kier alpha value is -4.90. The first-order valence-electron chi connectivity index (χ1n) is 15.5. The minimum Gasteiger partial charge on any atom is -0.416 e. The van der Waals surface area contributed by atoms with Crippen LogP contribution in [0.25, 0.3) is 11.1 Å². The molecule has 224 valence electrons. The highest BCUT2D eigenvalue weighted by Crippen LogP contribution is 2.38. The molecule has 0 aliphatic rings. The van der Waals surface area contributed by atoms with Crippen molar-refractivity contribution in [1.29, 1.82) is 0 Å². The zero-order chi connectivity index (χ0) is 31.4. The van der Waals surface area contributed by atoms with Gasteiger partial charge in [0.25, 0.3) is 0 Å². The van der Waals surface area contributed by atoms with E-state index in [1.54, 1.807) is 0 Å². The molecule has 0 N–H and O–H groups in total. The van der Waals surface area contributed by atoms with Crippen molar-refractivity contribution in [3.05, 3.63) is 163 Å². The number of hydrogen-bond donors (Lipinski definition) is 0. The molecule has 0 spiro atoms. The number of hydrogen-bond acceptors (Lipinski definition) is 3. The lowest BCUT2D eigenvalue weighted by atomic mass is 10.0. The molecule has 0 heterocycles. The maximum atomic E-state index is 5.85. The molecule has 0 aromatic heterocycles.